The Labute approximate surface area is 201 Å². The largest absolute Gasteiger partial charge is 0.414 e. The molecule has 33 heavy (non-hydrogen) atoms. The Balaban J connectivity index is 1.77. The molecule has 0 aromatic heterocycles. The van der Waals surface area contributed by atoms with Gasteiger partial charge in [-0.2, -0.15) is 0 Å². The van der Waals surface area contributed by atoms with Crippen LogP contribution in [-0.2, 0) is 27.1 Å². The molecule has 4 nitrogen and oxygen atoms in total. The molecule has 0 saturated carbocycles. The van der Waals surface area contributed by atoms with Crippen molar-refractivity contribution >= 4 is 8.32 Å². The van der Waals surface area contributed by atoms with E-state index in [0.29, 0.717) is 13.2 Å². The van der Waals surface area contributed by atoms with E-state index in [1.165, 1.54) is 5.56 Å². The van der Waals surface area contributed by atoms with Crippen LogP contribution in [0.1, 0.15) is 38.3 Å². The van der Waals surface area contributed by atoms with Gasteiger partial charge in [-0.15, -0.1) is 6.58 Å². The Hall–Kier alpha value is -1.76. The minimum Gasteiger partial charge on any atom is -0.414 e. The number of nitrogens with one attached hydrogen (secondary N) is 1. The third kappa shape index (κ3) is 7.11. The van der Waals surface area contributed by atoms with Gasteiger partial charge in [-0.3, -0.25) is 0 Å². The molecule has 2 aromatic carbocycles. The summed E-state index contributed by atoms with van der Waals surface area (Å²) in [6, 6.07) is 20.8. The maximum Gasteiger partial charge on any atom is 0.192 e. The van der Waals surface area contributed by atoms with Crippen molar-refractivity contribution in [1.82, 2.24) is 5.32 Å². The molecule has 1 saturated heterocycles. The van der Waals surface area contributed by atoms with E-state index < -0.39 is 8.32 Å². The predicted octanol–water partition coefficient (Wildman–Crippen LogP) is 6.10. The van der Waals surface area contributed by atoms with E-state index in [-0.39, 0.29) is 29.4 Å². The lowest BCUT2D eigenvalue weighted by Gasteiger charge is -2.37. The van der Waals surface area contributed by atoms with Gasteiger partial charge >= 0.3 is 0 Å². The first-order valence-corrected chi connectivity index (χ1v) is 15.0. The quantitative estimate of drug-likeness (QED) is 0.320. The highest BCUT2D eigenvalue weighted by Gasteiger charge is 2.46. The summed E-state index contributed by atoms with van der Waals surface area (Å²) in [6.45, 7) is 17.2. The highest BCUT2D eigenvalue weighted by molar-refractivity contribution is 6.74. The van der Waals surface area contributed by atoms with Crippen LogP contribution in [0.25, 0.3) is 0 Å². The highest BCUT2D eigenvalue weighted by atomic mass is 28.4. The van der Waals surface area contributed by atoms with E-state index in [1.54, 1.807) is 0 Å². The zero-order valence-electron chi connectivity index (χ0n) is 20.9. The second-order valence-corrected chi connectivity index (χ2v) is 15.3. The third-order valence-corrected chi connectivity index (χ3v) is 11.5. The molecule has 5 heteroatoms. The van der Waals surface area contributed by atoms with Gasteiger partial charge in [-0.25, -0.2) is 0 Å². The molecule has 1 aliphatic heterocycles. The van der Waals surface area contributed by atoms with Crippen molar-refractivity contribution in [3.05, 3.63) is 84.4 Å². The summed E-state index contributed by atoms with van der Waals surface area (Å²) in [4.78, 5) is 0. The predicted molar refractivity (Wildman–Crippen MR) is 139 cm³/mol. The Morgan fingerprint density at radius 1 is 0.970 bits per heavy atom. The molecule has 0 bridgehead atoms. The highest BCUT2D eigenvalue weighted by Crippen LogP contribution is 2.37. The van der Waals surface area contributed by atoms with E-state index in [0.717, 1.165) is 18.5 Å². The van der Waals surface area contributed by atoms with Crippen molar-refractivity contribution in [2.75, 3.05) is 6.61 Å². The van der Waals surface area contributed by atoms with Gasteiger partial charge in [-0.1, -0.05) is 87.5 Å². The SMILES string of the molecule is C=CC[C@@H]1O[C@H](CO[Si](C)(C)C(C)(C)C)[C@@H](NCc2ccccc2)[C@H]1OCc1ccccc1. The van der Waals surface area contributed by atoms with Crippen molar-refractivity contribution in [3.63, 3.8) is 0 Å². The van der Waals surface area contributed by atoms with Crippen LogP contribution in [0.15, 0.2) is 73.3 Å². The molecular weight excluding hydrogens is 426 g/mol. The molecule has 1 fully saturated rings. The lowest BCUT2D eigenvalue weighted by Crippen LogP contribution is -2.49. The molecule has 1 aliphatic rings. The van der Waals surface area contributed by atoms with Gasteiger partial charge in [0, 0.05) is 6.54 Å². The van der Waals surface area contributed by atoms with Crippen LogP contribution >= 0.6 is 0 Å². The summed E-state index contributed by atoms with van der Waals surface area (Å²) in [5, 5.41) is 3.90. The van der Waals surface area contributed by atoms with E-state index in [4.69, 9.17) is 13.9 Å². The molecule has 4 atom stereocenters. The first-order valence-electron chi connectivity index (χ1n) is 12.0. The lowest BCUT2D eigenvalue weighted by atomic mass is 10.0. The fourth-order valence-corrected chi connectivity index (χ4v) is 4.90. The van der Waals surface area contributed by atoms with Crippen molar-refractivity contribution in [2.45, 2.75) is 82.8 Å². The van der Waals surface area contributed by atoms with Crippen molar-refractivity contribution < 1.29 is 13.9 Å². The standard InChI is InChI=1S/C28H41NO3Si/c1-7-14-24-27(30-20-23-17-12-9-13-18-23)26(29-19-22-15-10-8-11-16-22)25(32-24)21-31-33(5,6)28(2,3)4/h7-13,15-18,24-27,29H,1,14,19-21H2,2-6H3/t24-,25+,26+,27-/m0/s1. The van der Waals surface area contributed by atoms with Crippen LogP contribution in [0, 0.1) is 0 Å². The van der Waals surface area contributed by atoms with Crippen molar-refractivity contribution in [2.24, 2.45) is 0 Å². The summed E-state index contributed by atoms with van der Waals surface area (Å²) in [5.74, 6) is 0. The fourth-order valence-electron chi connectivity index (χ4n) is 3.89. The van der Waals surface area contributed by atoms with Crippen molar-refractivity contribution in [1.29, 1.82) is 0 Å². The van der Waals surface area contributed by atoms with Crippen LogP contribution in [-0.4, -0.2) is 39.3 Å². The fraction of sp³-hybridized carbons (Fsp3) is 0.500. The second kappa shape index (κ2) is 11.6. The zero-order chi connectivity index (χ0) is 23.9. The van der Waals surface area contributed by atoms with Gasteiger partial charge in [0.15, 0.2) is 8.32 Å². The first kappa shape index (κ1) is 25.9. The number of hydrogen-bond acceptors (Lipinski definition) is 4. The molecule has 0 aliphatic carbocycles. The maximum atomic E-state index is 6.59. The van der Waals surface area contributed by atoms with Gasteiger partial charge in [0.1, 0.15) is 6.10 Å². The minimum atomic E-state index is -1.89. The summed E-state index contributed by atoms with van der Waals surface area (Å²) >= 11 is 0. The zero-order valence-corrected chi connectivity index (χ0v) is 21.9. The monoisotopic (exact) mass is 467 g/mol. The molecule has 0 amide bonds. The first-order chi connectivity index (χ1) is 15.7. The summed E-state index contributed by atoms with van der Waals surface area (Å²) in [7, 11) is -1.89. The van der Waals surface area contributed by atoms with Crippen LogP contribution in [0.4, 0.5) is 0 Å². The van der Waals surface area contributed by atoms with E-state index in [9.17, 15) is 0 Å². The molecule has 1 heterocycles. The van der Waals surface area contributed by atoms with Crippen LogP contribution < -0.4 is 5.32 Å². The molecular formula is C28H41NO3Si. The van der Waals surface area contributed by atoms with E-state index in [2.05, 4.69) is 82.2 Å². The van der Waals surface area contributed by atoms with Crippen LogP contribution in [0.5, 0.6) is 0 Å². The average molecular weight is 468 g/mol. The number of hydrogen-bond donors (Lipinski definition) is 1. The van der Waals surface area contributed by atoms with Gasteiger partial charge in [0.05, 0.1) is 31.5 Å². The average Bonchev–Trinajstić information content (AvgIpc) is 3.12. The molecule has 0 radical (unpaired) electrons. The molecule has 0 spiro atoms. The molecule has 2 aromatic rings. The molecule has 1 N–H and O–H groups in total. The van der Waals surface area contributed by atoms with E-state index >= 15 is 0 Å². The Kier molecular flexibility index (Phi) is 9.07. The Morgan fingerprint density at radius 2 is 1.58 bits per heavy atom. The molecule has 0 unspecified atom stereocenters. The minimum absolute atomic E-state index is 0.0311. The topological polar surface area (TPSA) is 39.7 Å². The normalized spacial score (nSPS) is 23.5. The van der Waals surface area contributed by atoms with Gasteiger partial charge < -0.3 is 19.2 Å². The summed E-state index contributed by atoms with van der Waals surface area (Å²) in [5.41, 5.74) is 2.41. The number of benzene rings is 2. The molecule has 180 valence electrons. The lowest BCUT2D eigenvalue weighted by molar-refractivity contribution is -0.0345. The maximum absolute atomic E-state index is 6.59. The Morgan fingerprint density at radius 3 is 2.15 bits per heavy atom. The van der Waals surface area contributed by atoms with Crippen LogP contribution in [0.3, 0.4) is 0 Å². The number of ether oxygens (including phenoxy) is 2. The second-order valence-electron chi connectivity index (χ2n) is 10.5. The van der Waals surface area contributed by atoms with Gasteiger partial charge in [-0.05, 0) is 35.7 Å². The van der Waals surface area contributed by atoms with E-state index in [1.807, 2.05) is 30.3 Å². The summed E-state index contributed by atoms with van der Waals surface area (Å²) < 4.78 is 19.6. The smallest absolute Gasteiger partial charge is 0.192 e. The third-order valence-electron chi connectivity index (χ3n) is 6.95. The number of rotatable bonds is 11. The van der Waals surface area contributed by atoms with Crippen molar-refractivity contribution in [3.8, 4) is 0 Å². The van der Waals surface area contributed by atoms with Gasteiger partial charge in [0.25, 0.3) is 0 Å². The van der Waals surface area contributed by atoms with Crippen LogP contribution in [0.2, 0.25) is 18.1 Å². The Bertz CT molecular complexity index is 850. The van der Waals surface area contributed by atoms with Gasteiger partial charge in [0.2, 0.25) is 0 Å². The summed E-state index contributed by atoms with van der Waals surface area (Å²) in [6.07, 6.45) is 2.47. The molecule has 3 rings (SSSR count).